The number of benzene rings is 1. The fraction of sp³-hybridized carbons (Fsp3) is 0.400. The summed E-state index contributed by atoms with van der Waals surface area (Å²) < 4.78 is 10.6. The maximum absolute atomic E-state index is 11.6. The van der Waals surface area contributed by atoms with E-state index in [0.717, 1.165) is 36.9 Å². The highest BCUT2D eigenvalue weighted by molar-refractivity contribution is 5.89. The van der Waals surface area contributed by atoms with E-state index in [1.54, 1.807) is 12.3 Å². The van der Waals surface area contributed by atoms with Crippen LogP contribution >= 0.6 is 0 Å². The lowest BCUT2D eigenvalue weighted by Gasteiger charge is -2.33. The van der Waals surface area contributed by atoms with Crippen LogP contribution < -0.4 is 14.5 Å². The van der Waals surface area contributed by atoms with Crippen LogP contribution in [0, 0.1) is 0 Å². The lowest BCUT2D eigenvalue weighted by molar-refractivity contribution is 0.0600. The van der Waals surface area contributed by atoms with Crippen molar-refractivity contribution in [3.05, 3.63) is 42.1 Å². The van der Waals surface area contributed by atoms with Crippen LogP contribution in [0.3, 0.4) is 0 Å². The van der Waals surface area contributed by atoms with Gasteiger partial charge in [0.15, 0.2) is 0 Å². The minimum atomic E-state index is -0.377. The van der Waals surface area contributed by atoms with Crippen molar-refractivity contribution in [2.24, 2.45) is 0 Å². The van der Waals surface area contributed by atoms with Gasteiger partial charge in [0, 0.05) is 31.0 Å². The molecule has 2 aliphatic rings. The molecule has 136 valence electrons. The van der Waals surface area contributed by atoms with Crippen molar-refractivity contribution in [2.45, 2.75) is 19.3 Å². The highest BCUT2D eigenvalue weighted by atomic mass is 16.5. The third-order valence-electron chi connectivity index (χ3n) is 4.97. The maximum atomic E-state index is 11.6. The molecule has 1 aromatic heterocycles. The van der Waals surface area contributed by atoms with Gasteiger partial charge >= 0.3 is 5.97 Å². The van der Waals surface area contributed by atoms with Gasteiger partial charge in [0.2, 0.25) is 0 Å². The molecule has 6 nitrogen and oxygen atoms in total. The number of nitrogens with zero attached hydrogens (tertiary/aromatic N) is 3. The molecule has 26 heavy (non-hydrogen) atoms. The average Bonchev–Trinajstić information content (AvgIpc) is 2.73. The van der Waals surface area contributed by atoms with Crippen LogP contribution in [0.1, 0.15) is 29.6 Å². The van der Waals surface area contributed by atoms with Gasteiger partial charge in [-0.2, -0.15) is 0 Å². The molecular weight excluding hydrogens is 330 g/mol. The molecule has 0 N–H and O–H groups in total. The number of hydrogen-bond donors (Lipinski definition) is 0. The zero-order chi connectivity index (χ0) is 17.9. The van der Waals surface area contributed by atoms with Crippen LogP contribution in [0.2, 0.25) is 0 Å². The molecule has 0 spiro atoms. The minimum absolute atomic E-state index is 0.377. The summed E-state index contributed by atoms with van der Waals surface area (Å²) in [5.41, 5.74) is 2.68. The number of anilines is 3. The summed E-state index contributed by atoms with van der Waals surface area (Å²) in [7, 11) is 1.37. The lowest BCUT2D eigenvalue weighted by Crippen LogP contribution is -2.31. The second kappa shape index (κ2) is 7.23. The van der Waals surface area contributed by atoms with Gasteiger partial charge in [0.1, 0.15) is 18.2 Å². The first-order chi connectivity index (χ1) is 12.8. The number of methoxy groups -OCH3 is 1. The Bertz CT molecular complexity index is 785. The molecule has 0 bridgehead atoms. The molecule has 2 aliphatic heterocycles. The fourth-order valence-electron chi connectivity index (χ4n) is 3.58. The van der Waals surface area contributed by atoms with Gasteiger partial charge < -0.3 is 19.3 Å². The lowest BCUT2D eigenvalue weighted by atomic mass is 10.1. The minimum Gasteiger partial charge on any atom is -0.489 e. The normalized spacial score (nSPS) is 16.7. The van der Waals surface area contributed by atoms with E-state index in [1.807, 2.05) is 6.07 Å². The van der Waals surface area contributed by atoms with Crippen molar-refractivity contribution < 1.29 is 14.3 Å². The van der Waals surface area contributed by atoms with Gasteiger partial charge in [-0.15, -0.1) is 0 Å². The number of carbonyl (C=O) groups is 1. The monoisotopic (exact) mass is 353 g/mol. The standard InChI is InChI=1S/C20H23N3O3/c1-25-20(24)15-5-8-19(21-14-15)23-11-12-26-18-13-16(6-7-17(18)23)22-9-3-2-4-10-22/h5-8,13-14H,2-4,9-12H2,1H3. The topological polar surface area (TPSA) is 54.9 Å². The van der Waals surface area contributed by atoms with Crippen LogP contribution in [-0.4, -0.2) is 44.3 Å². The van der Waals surface area contributed by atoms with Crippen molar-refractivity contribution in [3.8, 4) is 5.75 Å². The molecular formula is C20H23N3O3. The van der Waals surface area contributed by atoms with Gasteiger partial charge in [-0.05, 0) is 43.5 Å². The molecule has 0 unspecified atom stereocenters. The van der Waals surface area contributed by atoms with Crippen molar-refractivity contribution in [1.82, 2.24) is 4.98 Å². The third kappa shape index (κ3) is 3.19. The summed E-state index contributed by atoms with van der Waals surface area (Å²) in [6.07, 6.45) is 5.37. The number of rotatable bonds is 3. The molecule has 1 saturated heterocycles. The number of esters is 1. The molecule has 0 atom stereocenters. The molecule has 2 aromatic rings. The van der Waals surface area contributed by atoms with Crippen LogP contribution in [0.5, 0.6) is 5.75 Å². The largest absolute Gasteiger partial charge is 0.489 e. The summed E-state index contributed by atoms with van der Waals surface area (Å²) in [5, 5.41) is 0. The van der Waals surface area contributed by atoms with Gasteiger partial charge in [0.25, 0.3) is 0 Å². The van der Waals surface area contributed by atoms with E-state index in [0.29, 0.717) is 12.2 Å². The molecule has 1 fully saturated rings. The van der Waals surface area contributed by atoms with Crippen LogP contribution in [0.15, 0.2) is 36.5 Å². The first-order valence-corrected chi connectivity index (χ1v) is 9.10. The number of piperidine rings is 1. The Kier molecular flexibility index (Phi) is 4.65. The number of fused-ring (bicyclic) bond motifs is 1. The second-order valence-electron chi connectivity index (χ2n) is 6.60. The third-order valence-corrected chi connectivity index (χ3v) is 4.97. The smallest absolute Gasteiger partial charge is 0.339 e. The Hall–Kier alpha value is -2.76. The quantitative estimate of drug-likeness (QED) is 0.789. The maximum Gasteiger partial charge on any atom is 0.339 e. The number of aromatic nitrogens is 1. The van der Waals surface area contributed by atoms with Crippen molar-refractivity contribution in [1.29, 1.82) is 0 Å². The molecule has 4 rings (SSSR count). The first kappa shape index (κ1) is 16.7. The van der Waals surface area contributed by atoms with E-state index in [9.17, 15) is 4.79 Å². The Morgan fingerprint density at radius 1 is 1.12 bits per heavy atom. The molecule has 0 saturated carbocycles. The van der Waals surface area contributed by atoms with Crippen LogP contribution in [-0.2, 0) is 4.74 Å². The fourth-order valence-corrected chi connectivity index (χ4v) is 3.58. The van der Waals surface area contributed by atoms with Crippen LogP contribution in [0.4, 0.5) is 17.2 Å². The Balaban J connectivity index is 1.59. The molecule has 3 heterocycles. The number of pyridine rings is 1. The van der Waals surface area contributed by atoms with E-state index in [1.165, 1.54) is 32.1 Å². The average molecular weight is 353 g/mol. The summed E-state index contributed by atoms with van der Waals surface area (Å²) in [5.74, 6) is 1.31. The number of hydrogen-bond acceptors (Lipinski definition) is 6. The molecule has 6 heteroatoms. The Morgan fingerprint density at radius 2 is 1.96 bits per heavy atom. The SMILES string of the molecule is COC(=O)c1ccc(N2CCOc3cc(N4CCCCC4)ccc32)nc1. The summed E-state index contributed by atoms with van der Waals surface area (Å²) >= 11 is 0. The highest BCUT2D eigenvalue weighted by Gasteiger charge is 2.22. The highest BCUT2D eigenvalue weighted by Crippen LogP contribution is 2.38. The van der Waals surface area contributed by atoms with E-state index in [2.05, 4.69) is 33.0 Å². The van der Waals surface area contributed by atoms with E-state index in [-0.39, 0.29) is 5.97 Å². The van der Waals surface area contributed by atoms with E-state index >= 15 is 0 Å². The van der Waals surface area contributed by atoms with Crippen molar-refractivity contribution >= 4 is 23.2 Å². The Labute approximate surface area is 153 Å². The van der Waals surface area contributed by atoms with Gasteiger partial charge in [-0.3, -0.25) is 0 Å². The number of ether oxygens (including phenoxy) is 2. The van der Waals surface area contributed by atoms with Crippen molar-refractivity contribution in [3.63, 3.8) is 0 Å². The summed E-state index contributed by atoms with van der Waals surface area (Å²) in [6, 6.07) is 9.99. The predicted octanol–water partition coefficient (Wildman–Crippen LogP) is 3.39. The van der Waals surface area contributed by atoms with E-state index in [4.69, 9.17) is 9.47 Å². The van der Waals surface area contributed by atoms with Crippen LogP contribution in [0.25, 0.3) is 0 Å². The number of carbonyl (C=O) groups excluding carboxylic acids is 1. The molecule has 0 radical (unpaired) electrons. The molecule has 1 aromatic carbocycles. The van der Waals surface area contributed by atoms with Gasteiger partial charge in [-0.1, -0.05) is 0 Å². The summed E-state index contributed by atoms with van der Waals surface area (Å²) in [6.45, 7) is 3.55. The molecule has 0 aliphatic carbocycles. The zero-order valence-corrected chi connectivity index (χ0v) is 15.0. The first-order valence-electron chi connectivity index (χ1n) is 9.10. The summed E-state index contributed by atoms with van der Waals surface area (Å²) in [4.78, 5) is 20.6. The van der Waals surface area contributed by atoms with E-state index < -0.39 is 0 Å². The van der Waals surface area contributed by atoms with Crippen molar-refractivity contribution in [2.75, 3.05) is 43.2 Å². The van der Waals surface area contributed by atoms with Gasteiger partial charge in [0.05, 0.1) is 24.9 Å². The van der Waals surface area contributed by atoms with Gasteiger partial charge in [-0.25, -0.2) is 9.78 Å². The second-order valence-corrected chi connectivity index (χ2v) is 6.60. The Morgan fingerprint density at radius 3 is 2.69 bits per heavy atom. The predicted molar refractivity (Wildman–Crippen MR) is 101 cm³/mol. The zero-order valence-electron chi connectivity index (χ0n) is 15.0. The molecule has 0 amide bonds.